The Balaban J connectivity index is 1.51. The Morgan fingerprint density at radius 2 is 1.85 bits per heavy atom. The van der Waals surface area contributed by atoms with Crippen molar-refractivity contribution in [3.8, 4) is 5.75 Å². The van der Waals surface area contributed by atoms with Gasteiger partial charge in [-0.1, -0.05) is 30.3 Å². The Labute approximate surface area is 155 Å². The zero-order valence-electron chi connectivity index (χ0n) is 14.6. The quantitative estimate of drug-likeness (QED) is 0.809. The van der Waals surface area contributed by atoms with Crippen LogP contribution in [0.2, 0.25) is 0 Å². The molecular formula is C20H20F2N2O3. The van der Waals surface area contributed by atoms with Crippen molar-refractivity contribution in [3.63, 3.8) is 0 Å². The number of ether oxygens (including phenoxy) is 1. The van der Waals surface area contributed by atoms with E-state index in [0.29, 0.717) is 18.8 Å². The van der Waals surface area contributed by atoms with E-state index in [1.165, 1.54) is 24.3 Å². The van der Waals surface area contributed by atoms with Gasteiger partial charge in [0.1, 0.15) is 5.75 Å². The summed E-state index contributed by atoms with van der Waals surface area (Å²) in [4.78, 5) is 26.3. The number of anilines is 1. The molecule has 0 bridgehead atoms. The summed E-state index contributed by atoms with van der Waals surface area (Å²) in [7, 11) is 0. The van der Waals surface area contributed by atoms with Crippen LogP contribution < -0.4 is 10.1 Å². The van der Waals surface area contributed by atoms with Gasteiger partial charge in [0.25, 0.3) is 0 Å². The number of hydrogen-bond donors (Lipinski definition) is 1. The van der Waals surface area contributed by atoms with Crippen LogP contribution in [-0.2, 0) is 16.0 Å². The Morgan fingerprint density at radius 1 is 1.15 bits per heavy atom. The first-order valence-corrected chi connectivity index (χ1v) is 8.68. The molecular weight excluding hydrogens is 354 g/mol. The van der Waals surface area contributed by atoms with Crippen molar-refractivity contribution < 1.29 is 23.1 Å². The number of alkyl halides is 2. The molecule has 0 spiro atoms. The van der Waals surface area contributed by atoms with Gasteiger partial charge in [0.05, 0.1) is 5.92 Å². The van der Waals surface area contributed by atoms with E-state index in [1.54, 1.807) is 4.90 Å². The monoisotopic (exact) mass is 374 g/mol. The molecule has 2 aromatic rings. The first-order valence-electron chi connectivity index (χ1n) is 8.68. The number of hydrogen-bond acceptors (Lipinski definition) is 3. The zero-order chi connectivity index (χ0) is 19.2. The molecule has 7 heteroatoms. The second-order valence-electron chi connectivity index (χ2n) is 6.37. The van der Waals surface area contributed by atoms with Gasteiger partial charge >= 0.3 is 6.61 Å². The number of halogens is 2. The maximum atomic E-state index is 12.4. The lowest BCUT2D eigenvalue weighted by molar-refractivity contribution is -0.128. The van der Waals surface area contributed by atoms with Crippen molar-refractivity contribution >= 4 is 17.5 Å². The molecule has 5 nitrogen and oxygen atoms in total. The topological polar surface area (TPSA) is 58.6 Å². The molecule has 27 heavy (non-hydrogen) atoms. The first-order chi connectivity index (χ1) is 13.0. The Morgan fingerprint density at radius 3 is 2.52 bits per heavy atom. The van der Waals surface area contributed by atoms with E-state index >= 15 is 0 Å². The number of likely N-dealkylation sites (tertiary alicyclic amines) is 1. The van der Waals surface area contributed by atoms with E-state index in [2.05, 4.69) is 10.1 Å². The number of rotatable bonds is 7. The van der Waals surface area contributed by atoms with E-state index in [0.717, 1.165) is 12.0 Å². The second kappa shape index (κ2) is 8.62. The third-order valence-electron chi connectivity index (χ3n) is 4.45. The van der Waals surface area contributed by atoms with Crippen LogP contribution in [0, 0.1) is 5.92 Å². The summed E-state index contributed by atoms with van der Waals surface area (Å²) < 4.78 is 28.6. The van der Waals surface area contributed by atoms with Crippen molar-refractivity contribution in [2.75, 3.05) is 18.4 Å². The lowest BCUT2D eigenvalue weighted by atomic mass is 10.1. The molecule has 1 saturated heterocycles. The highest BCUT2D eigenvalue weighted by molar-refractivity contribution is 5.97. The standard InChI is InChI=1S/C20H20F2N2O3/c21-20(22)27-17-8-6-16(7-9-17)23-19(26)15-12-18(25)24(13-15)11-10-14-4-2-1-3-5-14/h1-9,15,20H,10-13H2,(H,23,26)/t15-/m0/s1. The largest absolute Gasteiger partial charge is 0.435 e. The minimum Gasteiger partial charge on any atom is -0.435 e. The van der Waals surface area contributed by atoms with Crippen molar-refractivity contribution in [1.29, 1.82) is 0 Å². The van der Waals surface area contributed by atoms with Crippen LogP contribution in [0.15, 0.2) is 54.6 Å². The van der Waals surface area contributed by atoms with Crippen molar-refractivity contribution in [2.24, 2.45) is 5.92 Å². The maximum absolute atomic E-state index is 12.4. The number of carbonyl (C=O) groups is 2. The van der Waals surface area contributed by atoms with Gasteiger partial charge in [-0.25, -0.2) is 0 Å². The fourth-order valence-electron chi connectivity index (χ4n) is 3.04. The SMILES string of the molecule is O=C(Nc1ccc(OC(F)F)cc1)[C@H]1CC(=O)N(CCc2ccccc2)C1. The Bertz CT molecular complexity index is 782. The van der Waals surface area contributed by atoms with Crippen LogP contribution in [0.3, 0.4) is 0 Å². The number of benzene rings is 2. The average molecular weight is 374 g/mol. The molecule has 1 aliphatic heterocycles. The molecule has 0 radical (unpaired) electrons. The molecule has 0 aliphatic carbocycles. The Hall–Kier alpha value is -2.96. The summed E-state index contributed by atoms with van der Waals surface area (Å²) in [5, 5.41) is 2.72. The maximum Gasteiger partial charge on any atom is 0.387 e. The van der Waals surface area contributed by atoms with Gasteiger partial charge in [-0.2, -0.15) is 8.78 Å². The molecule has 3 rings (SSSR count). The molecule has 2 aromatic carbocycles. The normalized spacial score (nSPS) is 16.6. The van der Waals surface area contributed by atoms with Crippen molar-refractivity contribution in [1.82, 2.24) is 4.90 Å². The van der Waals surface area contributed by atoms with Crippen LogP contribution in [0.25, 0.3) is 0 Å². The van der Waals surface area contributed by atoms with Crippen molar-refractivity contribution in [2.45, 2.75) is 19.5 Å². The van der Waals surface area contributed by atoms with E-state index in [1.807, 2.05) is 30.3 Å². The average Bonchev–Trinajstić information content (AvgIpc) is 3.03. The van der Waals surface area contributed by atoms with Gasteiger partial charge in [-0.15, -0.1) is 0 Å². The smallest absolute Gasteiger partial charge is 0.387 e. The Kier molecular flexibility index (Phi) is 6.01. The van der Waals surface area contributed by atoms with Gasteiger partial charge < -0.3 is 15.0 Å². The number of carbonyl (C=O) groups excluding carboxylic acids is 2. The summed E-state index contributed by atoms with van der Waals surface area (Å²) in [5.41, 5.74) is 1.61. The molecule has 1 N–H and O–H groups in total. The summed E-state index contributed by atoms with van der Waals surface area (Å²) >= 11 is 0. The van der Waals surface area contributed by atoms with Gasteiger partial charge in [-0.3, -0.25) is 9.59 Å². The van der Waals surface area contributed by atoms with Crippen LogP contribution in [-0.4, -0.2) is 36.4 Å². The molecule has 2 amide bonds. The fourth-order valence-corrected chi connectivity index (χ4v) is 3.04. The number of nitrogens with one attached hydrogen (secondary N) is 1. The molecule has 1 heterocycles. The second-order valence-corrected chi connectivity index (χ2v) is 6.37. The van der Waals surface area contributed by atoms with E-state index in [-0.39, 0.29) is 24.0 Å². The third kappa shape index (κ3) is 5.26. The zero-order valence-corrected chi connectivity index (χ0v) is 14.6. The van der Waals surface area contributed by atoms with Crippen LogP contribution >= 0.6 is 0 Å². The lowest BCUT2D eigenvalue weighted by Crippen LogP contribution is -2.30. The lowest BCUT2D eigenvalue weighted by Gasteiger charge is -2.16. The molecule has 0 saturated carbocycles. The first kappa shape index (κ1) is 18.8. The minimum absolute atomic E-state index is 0.0196. The van der Waals surface area contributed by atoms with Crippen LogP contribution in [0.1, 0.15) is 12.0 Å². The predicted octanol–water partition coefficient (Wildman–Crippen LogP) is 3.32. The minimum atomic E-state index is -2.89. The van der Waals surface area contributed by atoms with Gasteiger partial charge in [0.2, 0.25) is 11.8 Å². The highest BCUT2D eigenvalue weighted by atomic mass is 19.3. The van der Waals surface area contributed by atoms with E-state index in [4.69, 9.17) is 0 Å². The van der Waals surface area contributed by atoms with E-state index in [9.17, 15) is 18.4 Å². The fraction of sp³-hybridized carbons (Fsp3) is 0.300. The number of nitrogens with zero attached hydrogens (tertiary/aromatic N) is 1. The van der Waals surface area contributed by atoms with Crippen molar-refractivity contribution in [3.05, 3.63) is 60.2 Å². The molecule has 0 unspecified atom stereocenters. The summed E-state index contributed by atoms with van der Waals surface area (Å²) in [6, 6.07) is 15.5. The highest BCUT2D eigenvalue weighted by Crippen LogP contribution is 2.22. The summed E-state index contributed by atoms with van der Waals surface area (Å²) in [5.74, 6) is -0.698. The van der Waals surface area contributed by atoms with Crippen LogP contribution in [0.5, 0.6) is 5.75 Å². The van der Waals surface area contributed by atoms with Gasteiger partial charge in [0.15, 0.2) is 0 Å². The summed E-state index contributed by atoms with van der Waals surface area (Å²) in [6.07, 6.45) is 0.916. The predicted molar refractivity (Wildman–Crippen MR) is 96.5 cm³/mol. The summed E-state index contributed by atoms with van der Waals surface area (Å²) in [6.45, 7) is -1.94. The molecule has 142 valence electrons. The molecule has 1 atom stereocenters. The van der Waals surface area contributed by atoms with Gasteiger partial charge in [-0.05, 0) is 36.2 Å². The third-order valence-corrected chi connectivity index (χ3v) is 4.45. The molecule has 1 aliphatic rings. The highest BCUT2D eigenvalue weighted by Gasteiger charge is 2.34. The molecule has 1 fully saturated rings. The molecule has 0 aromatic heterocycles. The van der Waals surface area contributed by atoms with Gasteiger partial charge in [0, 0.05) is 25.2 Å². The number of amides is 2. The van der Waals surface area contributed by atoms with E-state index < -0.39 is 12.5 Å². The van der Waals surface area contributed by atoms with Crippen LogP contribution in [0.4, 0.5) is 14.5 Å².